The maximum absolute atomic E-state index is 5.24. The van der Waals surface area contributed by atoms with Crippen LogP contribution in [0, 0.1) is 0 Å². The highest BCUT2D eigenvalue weighted by molar-refractivity contribution is 7.25. The van der Waals surface area contributed by atoms with E-state index in [2.05, 4.69) is 199 Å². The van der Waals surface area contributed by atoms with Gasteiger partial charge in [-0.15, -0.1) is 11.3 Å². The second kappa shape index (κ2) is 14.0. The maximum Gasteiger partial charge on any atom is 0.160 e. The maximum atomic E-state index is 5.24. The van der Waals surface area contributed by atoms with Crippen molar-refractivity contribution in [2.75, 3.05) is 0 Å². The Morgan fingerprint density at radius 1 is 0.317 bits per heavy atom. The average molecular weight is 782 g/mol. The summed E-state index contributed by atoms with van der Waals surface area (Å²) in [7, 11) is 0. The van der Waals surface area contributed by atoms with Gasteiger partial charge in [-0.1, -0.05) is 164 Å². The third kappa shape index (κ3) is 5.72. The molecule has 0 spiro atoms. The highest BCUT2D eigenvalue weighted by Crippen LogP contribution is 2.40. The van der Waals surface area contributed by atoms with E-state index >= 15 is 0 Å². The van der Waals surface area contributed by atoms with Crippen molar-refractivity contribution in [3.05, 3.63) is 212 Å². The second-order valence-electron chi connectivity index (χ2n) is 15.3. The Bertz CT molecular complexity index is 3530. The van der Waals surface area contributed by atoms with Gasteiger partial charge in [0, 0.05) is 53.3 Å². The number of fused-ring (bicyclic) bond motifs is 7. The SMILES string of the molecule is c1ccc(-c2nc(-c3ccc(-c4ccc5sc6ccccc6c5c4)cc3)cc(-c3ccc(-c4ccc(-n5c6ccccc6c6ccccc65)cc4)c4ccccc34)n2)cc1. The standard InChI is InChI=1S/C56H35N3S/c1-2-12-39(13-3-1)56-57-50(38-24-22-36(23-25-38)40-28-33-55-49(34-40)48-18-8-11-21-54(48)60-55)35-51(58-56)45-32-31-42(43-14-4-5-15-44(43)45)37-26-29-41(30-27-37)59-52-19-9-6-16-46(52)47-17-7-10-20-53(47)59/h1-35H. The molecule has 3 heterocycles. The normalized spacial score (nSPS) is 11.7. The third-order valence-electron chi connectivity index (χ3n) is 11.9. The second-order valence-corrected chi connectivity index (χ2v) is 16.4. The molecule has 0 atom stereocenters. The Kier molecular flexibility index (Phi) is 8.03. The molecule has 0 aliphatic carbocycles. The van der Waals surface area contributed by atoms with E-state index in [0.717, 1.165) is 39.2 Å². The molecule has 12 rings (SSSR count). The van der Waals surface area contributed by atoms with Gasteiger partial charge >= 0.3 is 0 Å². The van der Waals surface area contributed by atoms with Crippen LogP contribution in [0.3, 0.4) is 0 Å². The predicted molar refractivity (Wildman–Crippen MR) is 254 cm³/mol. The quantitative estimate of drug-likeness (QED) is 0.168. The molecule has 9 aromatic carbocycles. The summed E-state index contributed by atoms with van der Waals surface area (Å²) in [6, 6.07) is 76.2. The van der Waals surface area contributed by atoms with Crippen LogP contribution in [0.1, 0.15) is 0 Å². The zero-order valence-corrected chi connectivity index (χ0v) is 33.3. The first-order valence-corrected chi connectivity index (χ1v) is 21.1. The number of hydrogen-bond donors (Lipinski definition) is 0. The fourth-order valence-corrected chi connectivity index (χ4v) is 10.0. The van der Waals surface area contributed by atoms with Gasteiger partial charge in [0.05, 0.1) is 22.4 Å². The molecule has 0 unspecified atom stereocenters. The van der Waals surface area contributed by atoms with E-state index in [4.69, 9.17) is 9.97 Å². The molecule has 4 heteroatoms. The first-order valence-electron chi connectivity index (χ1n) is 20.3. The van der Waals surface area contributed by atoms with Gasteiger partial charge in [0.25, 0.3) is 0 Å². The number of hydrogen-bond acceptors (Lipinski definition) is 3. The zero-order chi connectivity index (χ0) is 39.6. The summed E-state index contributed by atoms with van der Waals surface area (Å²) in [6.45, 7) is 0. The smallest absolute Gasteiger partial charge is 0.160 e. The van der Waals surface area contributed by atoms with E-state index in [-0.39, 0.29) is 0 Å². The van der Waals surface area contributed by atoms with Gasteiger partial charge in [-0.25, -0.2) is 9.97 Å². The van der Waals surface area contributed by atoms with E-state index in [1.807, 2.05) is 29.5 Å². The minimum atomic E-state index is 0.704. The molecule has 3 aromatic heterocycles. The van der Waals surface area contributed by atoms with Crippen LogP contribution in [0.2, 0.25) is 0 Å². The van der Waals surface area contributed by atoms with Crippen LogP contribution < -0.4 is 0 Å². The summed E-state index contributed by atoms with van der Waals surface area (Å²) in [5.74, 6) is 0.704. The predicted octanol–water partition coefficient (Wildman–Crippen LogP) is 15.4. The van der Waals surface area contributed by atoms with Crippen LogP contribution in [0.15, 0.2) is 212 Å². The van der Waals surface area contributed by atoms with Crippen LogP contribution in [0.4, 0.5) is 0 Å². The highest BCUT2D eigenvalue weighted by atomic mass is 32.1. The molecule has 12 aromatic rings. The number of aromatic nitrogens is 3. The van der Waals surface area contributed by atoms with Gasteiger partial charge in [0.15, 0.2) is 5.82 Å². The first kappa shape index (κ1) is 34.4. The van der Waals surface area contributed by atoms with Gasteiger partial charge in [0.1, 0.15) is 0 Å². The average Bonchev–Trinajstić information content (AvgIpc) is 3.87. The molecule has 0 fully saturated rings. The van der Waals surface area contributed by atoms with Crippen LogP contribution in [-0.2, 0) is 0 Å². The highest BCUT2D eigenvalue weighted by Gasteiger charge is 2.17. The summed E-state index contributed by atoms with van der Waals surface area (Å²) in [6.07, 6.45) is 0. The summed E-state index contributed by atoms with van der Waals surface area (Å²) >= 11 is 1.85. The Labute approximate surface area is 351 Å². The molecule has 0 N–H and O–H groups in total. The van der Waals surface area contributed by atoms with Crippen molar-refractivity contribution in [2.45, 2.75) is 0 Å². The molecule has 0 saturated carbocycles. The lowest BCUT2D eigenvalue weighted by molar-refractivity contribution is 1.18. The molecule has 0 saturated heterocycles. The molecule has 0 amide bonds. The lowest BCUT2D eigenvalue weighted by atomic mass is 9.93. The minimum absolute atomic E-state index is 0.704. The molecule has 280 valence electrons. The Morgan fingerprint density at radius 3 is 1.58 bits per heavy atom. The Balaban J connectivity index is 0.936. The van der Waals surface area contributed by atoms with E-state index in [1.165, 1.54) is 69.6 Å². The Morgan fingerprint density at radius 2 is 0.850 bits per heavy atom. The van der Waals surface area contributed by atoms with Crippen molar-refractivity contribution in [3.8, 4) is 61.8 Å². The first-order chi connectivity index (χ1) is 29.7. The number of benzene rings is 9. The topological polar surface area (TPSA) is 30.7 Å². The van der Waals surface area contributed by atoms with Gasteiger partial charge in [0.2, 0.25) is 0 Å². The Hall–Kier alpha value is -7.66. The monoisotopic (exact) mass is 781 g/mol. The van der Waals surface area contributed by atoms with Gasteiger partial charge in [-0.3, -0.25) is 0 Å². The van der Waals surface area contributed by atoms with Crippen LogP contribution in [0.25, 0.3) is 115 Å². The molecular weight excluding hydrogens is 747 g/mol. The summed E-state index contributed by atoms with van der Waals surface area (Å²) in [5, 5.41) is 7.48. The minimum Gasteiger partial charge on any atom is -0.309 e. The van der Waals surface area contributed by atoms with Gasteiger partial charge in [-0.05, 0) is 81.6 Å². The van der Waals surface area contributed by atoms with Crippen molar-refractivity contribution >= 4 is 64.1 Å². The van der Waals surface area contributed by atoms with E-state index in [9.17, 15) is 0 Å². The van der Waals surface area contributed by atoms with Crippen LogP contribution in [0.5, 0.6) is 0 Å². The van der Waals surface area contributed by atoms with Crippen molar-refractivity contribution < 1.29 is 0 Å². The fourth-order valence-electron chi connectivity index (χ4n) is 8.95. The summed E-state index contributed by atoms with van der Waals surface area (Å²) in [4.78, 5) is 10.4. The van der Waals surface area contributed by atoms with Crippen molar-refractivity contribution in [1.29, 1.82) is 0 Å². The van der Waals surface area contributed by atoms with Gasteiger partial charge in [-0.2, -0.15) is 0 Å². The van der Waals surface area contributed by atoms with Crippen LogP contribution >= 0.6 is 11.3 Å². The number of para-hydroxylation sites is 2. The number of nitrogens with zero attached hydrogens (tertiary/aromatic N) is 3. The molecule has 60 heavy (non-hydrogen) atoms. The largest absolute Gasteiger partial charge is 0.309 e. The molecule has 0 bridgehead atoms. The van der Waals surface area contributed by atoms with Crippen molar-refractivity contribution in [2.24, 2.45) is 0 Å². The molecule has 3 nitrogen and oxygen atoms in total. The zero-order valence-electron chi connectivity index (χ0n) is 32.5. The van der Waals surface area contributed by atoms with Crippen LogP contribution in [-0.4, -0.2) is 14.5 Å². The molecule has 0 aliphatic heterocycles. The van der Waals surface area contributed by atoms with Crippen molar-refractivity contribution in [1.82, 2.24) is 14.5 Å². The lowest BCUT2D eigenvalue weighted by Gasteiger charge is -2.15. The van der Waals surface area contributed by atoms with E-state index < -0.39 is 0 Å². The molecule has 0 radical (unpaired) electrons. The summed E-state index contributed by atoms with van der Waals surface area (Å²) < 4.78 is 5.00. The number of thiophene rings is 1. The molecule has 0 aliphatic rings. The fraction of sp³-hybridized carbons (Fsp3) is 0. The lowest BCUT2D eigenvalue weighted by Crippen LogP contribution is -1.97. The van der Waals surface area contributed by atoms with E-state index in [1.54, 1.807) is 0 Å². The number of rotatable bonds is 6. The third-order valence-corrected chi connectivity index (χ3v) is 13.0. The molecular formula is C56H35N3S. The van der Waals surface area contributed by atoms with Gasteiger partial charge < -0.3 is 4.57 Å². The van der Waals surface area contributed by atoms with Crippen molar-refractivity contribution in [3.63, 3.8) is 0 Å². The summed E-state index contributed by atoms with van der Waals surface area (Å²) in [5.41, 5.74) is 13.2. The van der Waals surface area contributed by atoms with E-state index in [0.29, 0.717) is 5.82 Å².